The lowest BCUT2D eigenvalue weighted by Gasteiger charge is -2.33. The second-order valence-corrected chi connectivity index (χ2v) is 9.37. The summed E-state index contributed by atoms with van der Waals surface area (Å²) in [6.07, 6.45) is 1.78. The van der Waals surface area contributed by atoms with E-state index in [1.807, 2.05) is 20.8 Å². The highest BCUT2D eigenvalue weighted by Crippen LogP contribution is 2.12. The van der Waals surface area contributed by atoms with Gasteiger partial charge in [-0.2, -0.15) is 0 Å². The Kier molecular flexibility index (Phi) is 10.5. The number of alkyl carbamates (subject to hydrolysis) is 1. The first-order valence-corrected chi connectivity index (χ1v) is 10.9. The molecule has 1 aliphatic rings. The SMILES string of the molecule is C=C(C)CN1CCC(NC(=NCC(NC(=O)OC(C)(C)C)C(C)C)NCC)CC1. The first kappa shape index (κ1) is 25.3. The molecule has 0 bridgehead atoms. The highest BCUT2D eigenvalue weighted by molar-refractivity contribution is 5.80. The lowest BCUT2D eigenvalue weighted by molar-refractivity contribution is 0.0493. The zero-order valence-corrected chi connectivity index (χ0v) is 19.6. The highest BCUT2D eigenvalue weighted by Gasteiger charge is 2.22. The molecule has 1 aliphatic heterocycles. The molecule has 1 saturated heterocycles. The van der Waals surface area contributed by atoms with E-state index in [2.05, 4.69) is 55.1 Å². The number of nitrogens with one attached hydrogen (secondary N) is 3. The summed E-state index contributed by atoms with van der Waals surface area (Å²) in [7, 11) is 0. The van der Waals surface area contributed by atoms with Gasteiger partial charge < -0.3 is 20.7 Å². The molecule has 7 heteroatoms. The van der Waals surface area contributed by atoms with Gasteiger partial charge in [0.15, 0.2) is 5.96 Å². The molecule has 1 amide bonds. The number of hydrogen-bond acceptors (Lipinski definition) is 4. The molecule has 168 valence electrons. The molecule has 1 rings (SSSR count). The first-order valence-electron chi connectivity index (χ1n) is 10.9. The Bertz CT molecular complexity index is 546. The van der Waals surface area contributed by atoms with Crippen LogP contribution >= 0.6 is 0 Å². The van der Waals surface area contributed by atoms with Crippen LogP contribution in [0.3, 0.4) is 0 Å². The quantitative estimate of drug-likeness (QED) is 0.326. The largest absolute Gasteiger partial charge is 0.444 e. The van der Waals surface area contributed by atoms with E-state index in [0.29, 0.717) is 12.6 Å². The zero-order valence-electron chi connectivity index (χ0n) is 19.6. The molecule has 3 N–H and O–H groups in total. The third-order valence-electron chi connectivity index (χ3n) is 4.72. The van der Waals surface area contributed by atoms with Crippen molar-refractivity contribution in [3.63, 3.8) is 0 Å². The minimum Gasteiger partial charge on any atom is -0.444 e. The van der Waals surface area contributed by atoms with E-state index < -0.39 is 11.7 Å². The normalized spacial score (nSPS) is 17.7. The number of carbonyl (C=O) groups is 1. The van der Waals surface area contributed by atoms with Crippen LogP contribution in [0.25, 0.3) is 0 Å². The first-order chi connectivity index (χ1) is 13.5. The minimum atomic E-state index is -0.510. The predicted molar refractivity (Wildman–Crippen MR) is 121 cm³/mol. The average Bonchev–Trinajstić information content (AvgIpc) is 2.58. The molecule has 1 heterocycles. The molecule has 1 unspecified atom stereocenters. The summed E-state index contributed by atoms with van der Waals surface area (Å²) in [6.45, 7) is 22.3. The lowest BCUT2D eigenvalue weighted by Crippen LogP contribution is -2.49. The molecule has 29 heavy (non-hydrogen) atoms. The number of guanidine groups is 1. The van der Waals surface area contributed by atoms with E-state index in [4.69, 9.17) is 9.73 Å². The summed E-state index contributed by atoms with van der Waals surface area (Å²) < 4.78 is 5.39. The molecule has 1 fully saturated rings. The number of rotatable bonds is 8. The Hall–Kier alpha value is -1.76. The average molecular weight is 410 g/mol. The Balaban J connectivity index is 2.62. The molecule has 1 atom stereocenters. The number of hydrogen-bond donors (Lipinski definition) is 3. The highest BCUT2D eigenvalue weighted by atomic mass is 16.6. The predicted octanol–water partition coefficient (Wildman–Crippen LogP) is 3.13. The molecule has 0 radical (unpaired) electrons. The van der Waals surface area contributed by atoms with Crippen molar-refractivity contribution in [3.05, 3.63) is 12.2 Å². The summed E-state index contributed by atoms with van der Waals surface area (Å²) in [4.78, 5) is 19.3. The summed E-state index contributed by atoms with van der Waals surface area (Å²) in [5.41, 5.74) is 0.702. The van der Waals surface area contributed by atoms with Crippen molar-refractivity contribution in [3.8, 4) is 0 Å². The van der Waals surface area contributed by atoms with Crippen molar-refractivity contribution in [2.45, 2.75) is 79.0 Å². The van der Waals surface area contributed by atoms with Crippen molar-refractivity contribution < 1.29 is 9.53 Å². The Morgan fingerprint density at radius 1 is 1.28 bits per heavy atom. The van der Waals surface area contributed by atoms with Crippen LogP contribution in [0.4, 0.5) is 4.79 Å². The van der Waals surface area contributed by atoms with Crippen molar-refractivity contribution in [1.82, 2.24) is 20.9 Å². The van der Waals surface area contributed by atoms with E-state index in [0.717, 1.165) is 45.0 Å². The van der Waals surface area contributed by atoms with Crippen LogP contribution in [0.5, 0.6) is 0 Å². The van der Waals surface area contributed by atoms with Crippen LogP contribution in [-0.4, -0.2) is 67.4 Å². The van der Waals surface area contributed by atoms with E-state index in [-0.39, 0.29) is 12.0 Å². The van der Waals surface area contributed by atoms with Crippen molar-refractivity contribution >= 4 is 12.1 Å². The van der Waals surface area contributed by atoms with Crippen LogP contribution in [0.15, 0.2) is 17.1 Å². The van der Waals surface area contributed by atoms with Gasteiger partial charge in [0.25, 0.3) is 0 Å². The maximum absolute atomic E-state index is 12.1. The van der Waals surface area contributed by atoms with E-state index in [1.54, 1.807) is 0 Å². The summed E-state index contributed by atoms with van der Waals surface area (Å²) >= 11 is 0. The summed E-state index contributed by atoms with van der Waals surface area (Å²) in [6, 6.07) is 0.322. The third kappa shape index (κ3) is 11.1. The van der Waals surface area contributed by atoms with E-state index in [1.165, 1.54) is 5.57 Å². The van der Waals surface area contributed by atoms with Crippen LogP contribution in [0.1, 0.15) is 61.3 Å². The molecular weight excluding hydrogens is 366 g/mol. The van der Waals surface area contributed by atoms with Crippen molar-refractivity contribution in [2.24, 2.45) is 10.9 Å². The monoisotopic (exact) mass is 409 g/mol. The molecule has 0 aromatic heterocycles. The Morgan fingerprint density at radius 3 is 2.38 bits per heavy atom. The smallest absolute Gasteiger partial charge is 0.407 e. The van der Waals surface area contributed by atoms with Gasteiger partial charge in [0.05, 0.1) is 12.6 Å². The van der Waals surface area contributed by atoms with Crippen molar-refractivity contribution in [1.29, 1.82) is 0 Å². The standard InChI is InChI=1S/C22H43N5O2/c1-9-23-20(25-18-10-12-27(13-11-18)15-16(2)3)24-14-19(17(4)5)26-21(28)29-22(6,7)8/h17-19H,2,9-15H2,1,3-8H3,(H,26,28)(H2,23,24,25). The molecule has 0 aromatic carbocycles. The number of aliphatic imine (C=N–C) groups is 1. The van der Waals surface area contributed by atoms with Gasteiger partial charge in [-0.3, -0.25) is 9.89 Å². The molecule has 0 aliphatic carbocycles. The third-order valence-corrected chi connectivity index (χ3v) is 4.72. The molecular formula is C22H43N5O2. The van der Waals surface area contributed by atoms with E-state index in [9.17, 15) is 4.79 Å². The molecule has 7 nitrogen and oxygen atoms in total. The fourth-order valence-electron chi connectivity index (χ4n) is 3.20. The number of amides is 1. The number of nitrogens with zero attached hydrogens (tertiary/aromatic N) is 2. The van der Waals surface area contributed by atoms with Crippen LogP contribution in [0, 0.1) is 5.92 Å². The fraction of sp³-hybridized carbons (Fsp3) is 0.818. The number of likely N-dealkylation sites (tertiary alicyclic amines) is 1. The number of carbonyl (C=O) groups excluding carboxylic acids is 1. The lowest BCUT2D eigenvalue weighted by atomic mass is 10.0. The van der Waals surface area contributed by atoms with Gasteiger partial charge in [0, 0.05) is 32.2 Å². The second kappa shape index (κ2) is 12.1. The Morgan fingerprint density at radius 2 is 1.90 bits per heavy atom. The fourth-order valence-corrected chi connectivity index (χ4v) is 3.20. The second-order valence-electron chi connectivity index (χ2n) is 9.37. The van der Waals surface area contributed by atoms with Gasteiger partial charge in [-0.1, -0.05) is 26.0 Å². The number of ether oxygens (including phenoxy) is 1. The Labute approximate surface area is 177 Å². The summed E-state index contributed by atoms with van der Waals surface area (Å²) in [5, 5.41) is 9.85. The molecule has 0 spiro atoms. The van der Waals surface area contributed by atoms with Crippen molar-refractivity contribution in [2.75, 3.05) is 32.7 Å². The summed E-state index contributed by atoms with van der Waals surface area (Å²) in [5.74, 6) is 1.06. The van der Waals surface area contributed by atoms with Gasteiger partial charge in [0.1, 0.15) is 5.60 Å². The zero-order chi connectivity index (χ0) is 22.0. The van der Waals surface area contributed by atoms with Gasteiger partial charge in [-0.15, -0.1) is 0 Å². The topological polar surface area (TPSA) is 78.0 Å². The molecule has 0 saturated carbocycles. The van der Waals surface area contributed by atoms with Crippen LogP contribution in [-0.2, 0) is 4.74 Å². The van der Waals surface area contributed by atoms with E-state index >= 15 is 0 Å². The maximum atomic E-state index is 12.1. The number of piperidine rings is 1. The van der Waals surface area contributed by atoms with Gasteiger partial charge in [-0.25, -0.2) is 4.79 Å². The van der Waals surface area contributed by atoms with Crippen LogP contribution < -0.4 is 16.0 Å². The van der Waals surface area contributed by atoms with Gasteiger partial charge >= 0.3 is 6.09 Å². The van der Waals surface area contributed by atoms with Crippen LogP contribution in [0.2, 0.25) is 0 Å². The molecule has 0 aromatic rings. The van der Waals surface area contributed by atoms with Gasteiger partial charge in [-0.05, 0) is 53.4 Å². The van der Waals surface area contributed by atoms with Gasteiger partial charge in [0.2, 0.25) is 0 Å². The maximum Gasteiger partial charge on any atom is 0.407 e. The minimum absolute atomic E-state index is 0.0854.